The van der Waals surface area contributed by atoms with Crippen LogP contribution in [-0.4, -0.2) is 28.1 Å². The number of hydrogen-bond acceptors (Lipinski definition) is 4. The molecule has 5 nitrogen and oxygen atoms in total. The van der Waals surface area contributed by atoms with E-state index in [9.17, 15) is 22.8 Å². The summed E-state index contributed by atoms with van der Waals surface area (Å²) in [5, 5.41) is 11.7. The van der Waals surface area contributed by atoms with Crippen LogP contribution in [0, 0.1) is 0 Å². The van der Waals surface area contributed by atoms with Crippen molar-refractivity contribution in [2.24, 2.45) is 0 Å². The normalized spacial score (nSPS) is 11.2. The first-order valence-electron chi connectivity index (χ1n) is 4.29. The van der Waals surface area contributed by atoms with Crippen LogP contribution in [0.25, 0.3) is 0 Å². The predicted molar refractivity (Wildman–Crippen MR) is 52.8 cm³/mol. The summed E-state index contributed by atoms with van der Waals surface area (Å²) in [7, 11) is 0. The van der Waals surface area contributed by atoms with Gasteiger partial charge >= 0.3 is 12.1 Å². The SMILES string of the molecule is O=C(O)Cc1csc(NC(=O)CC(F)(F)F)n1. The first kappa shape index (κ1) is 13.4. The fraction of sp³-hybridized carbons (Fsp3) is 0.375. The number of aromatic nitrogens is 1. The number of amides is 1. The van der Waals surface area contributed by atoms with E-state index in [1.807, 2.05) is 5.32 Å². The van der Waals surface area contributed by atoms with Crippen LogP contribution in [0.2, 0.25) is 0 Å². The molecule has 0 atom stereocenters. The molecule has 0 radical (unpaired) electrons. The Labute approximate surface area is 97.3 Å². The van der Waals surface area contributed by atoms with Crippen LogP contribution in [0.4, 0.5) is 18.3 Å². The fourth-order valence-corrected chi connectivity index (χ4v) is 1.67. The number of carboxylic acid groups (broad SMARTS) is 1. The summed E-state index contributed by atoms with van der Waals surface area (Å²) in [5.41, 5.74) is 0.185. The highest BCUT2D eigenvalue weighted by molar-refractivity contribution is 7.13. The van der Waals surface area contributed by atoms with Crippen LogP contribution in [0.1, 0.15) is 12.1 Å². The Morgan fingerprint density at radius 1 is 1.47 bits per heavy atom. The van der Waals surface area contributed by atoms with Gasteiger partial charge in [-0.2, -0.15) is 13.2 Å². The predicted octanol–water partition coefficient (Wildman–Crippen LogP) is 1.66. The molecule has 0 saturated heterocycles. The number of anilines is 1. The smallest absolute Gasteiger partial charge is 0.397 e. The van der Waals surface area contributed by atoms with E-state index in [-0.39, 0.29) is 17.2 Å². The zero-order chi connectivity index (χ0) is 13.1. The molecule has 0 spiro atoms. The highest BCUT2D eigenvalue weighted by Crippen LogP contribution is 2.21. The van der Waals surface area contributed by atoms with Crippen LogP contribution >= 0.6 is 11.3 Å². The van der Waals surface area contributed by atoms with Crippen molar-refractivity contribution in [2.75, 3.05) is 5.32 Å². The van der Waals surface area contributed by atoms with Crippen molar-refractivity contribution in [2.45, 2.75) is 19.0 Å². The standard InChI is InChI=1S/C8H7F3N2O3S/c9-8(10,11)2-5(14)13-7-12-4(3-17-7)1-6(15)16/h3H,1-2H2,(H,15,16)(H,12,13,14). The first-order chi connectivity index (χ1) is 7.76. The molecule has 0 fully saturated rings. The van der Waals surface area contributed by atoms with Gasteiger partial charge in [0.25, 0.3) is 0 Å². The monoisotopic (exact) mass is 268 g/mol. The van der Waals surface area contributed by atoms with Crippen molar-refractivity contribution in [1.82, 2.24) is 4.98 Å². The van der Waals surface area contributed by atoms with Crippen molar-refractivity contribution >= 4 is 28.3 Å². The number of nitrogens with zero attached hydrogens (tertiary/aromatic N) is 1. The number of nitrogens with one attached hydrogen (secondary N) is 1. The number of hydrogen-bond donors (Lipinski definition) is 2. The number of carbonyl (C=O) groups is 2. The minimum atomic E-state index is -4.58. The third-order valence-corrected chi connectivity index (χ3v) is 2.30. The summed E-state index contributed by atoms with van der Waals surface area (Å²) in [6, 6.07) is 0. The van der Waals surface area contributed by atoms with Crippen molar-refractivity contribution in [3.05, 3.63) is 11.1 Å². The van der Waals surface area contributed by atoms with E-state index in [0.717, 1.165) is 11.3 Å². The highest BCUT2D eigenvalue weighted by atomic mass is 32.1. The molecule has 1 amide bonds. The van der Waals surface area contributed by atoms with Crippen LogP contribution in [0.15, 0.2) is 5.38 Å². The van der Waals surface area contributed by atoms with Crippen LogP contribution in [-0.2, 0) is 16.0 Å². The van der Waals surface area contributed by atoms with Gasteiger partial charge < -0.3 is 10.4 Å². The van der Waals surface area contributed by atoms with Gasteiger partial charge in [0.1, 0.15) is 6.42 Å². The Morgan fingerprint density at radius 2 is 2.12 bits per heavy atom. The van der Waals surface area contributed by atoms with E-state index in [4.69, 9.17) is 5.11 Å². The first-order valence-corrected chi connectivity index (χ1v) is 5.17. The number of carboxylic acids is 1. The second kappa shape index (κ2) is 5.13. The number of thiazole rings is 1. The van der Waals surface area contributed by atoms with Gasteiger partial charge in [0.2, 0.25) is 5.91 Å². The van der Waals surface area contributed by atoms with E-state index in [1.54, 1.807) is 0 Å². The van der Waals surface area contributed by atoms with Gasteiger partial charge in [-0.25, -0.2) is 4.98 Å². The summed E-state index contributed by atoms with van der Waals surface area (Å²) in [6.45, 7) is 0. The molecule has 1 aromatic rings. The van der Waals surface area contributed by atoms with E-state index >= 15 is 0 Å². The van der Waals surface area contributed by atoms with Gasteiger partial charge in [0, 0.05) is 5.38 Å². The molecule has 0 aliphatic carbocycles. The van der Waals surface area contributed by atoms with Gasteiger partial charge in [-0.3, -0.25) is 9.59 Å². The summed E-state index contributed by atoms with van der Waals surface area (Å²) in [5.74, 6) is -2.34. The maximum absolute atomic E-state index is 11.8. The largest absolute Gasteiger partial charge is 0.481 e. The van der Waals surface area contributed by atoms with Crippen molar-refractivity contribution in [3.8, 4) is 0 Å². The Kier molecular flexibility index (Phi) is 4.05. The summed E-state index contributed by atoms with van der Waals surface area (Å²) < 4.78 is 35.5. The number of carbonyl (C=O) groups excluding carboxylic acids is 1. The number of aliphatic carboxylic acids is 1. The second-order valence-corrected chi connectivity index (χ2v) is 3.91. The van der Waals surface area contributed by atoms with Crippen LogP contribution in [0.5, 0.6) is 0 Å². The number of halogens is 3. The Hall–Kier alpha value is -1.64. The maximum Gasteiger partial charge on any atom is 0.397 e. The molecule has 0 aliphatic heterocycles. The molecule has 0 aromatic carbocycles. The zero-order valence-electron chi connectivity index (χ0n) is 8.24. The third kappa shape index (κ3) is 5.29. The van der Waals surface area contributed by atoms with Gasteiger partial charge in [0.05, 0.1) is 12.1 Å². The van der Waals surface area contributed by atoms with E-state index in [0.29, 0.717) is 0 Å². The molecule has 1 rings (SSSR count). The molecule has 17 heavy (non-hydrogen) atoms. The molecular weight excluding hydrogens is 261 g/mol. The molecule has 0 bridgehead atoms. The van der Waals surface area contributed by atoms with Crippen molar-refractivity contribution < 1.29 is 27.9 Å². The quantitative estimate of drug-likeness (QED) is 0.870. The second-order valence-electron chi connectivity index (χ2n) is 3.05. The average molecular weight is 268 g/mol. The Bertz CT molecular complexity index is 430. The lowest BCUT2D eigenvalue weighted by atomic mass is 10.3. The summed E-state index contributed by atoms with van der Waals surface area (Å²) >= 11 is 0.872. The van der Waals surface area contributed by atoms with Crippen LogP contribution in [0.3, 0.4) is 0 Å². The maximum atomic E-state index is 11.8. The molecule has 0 unspecified atom stereocenters. The highest BCUT2D eigenvalue weighted by Gasteiger charge is 2.31. The number of alkyl halides is 3. The minimum Gasteiger partial charge on any atom is -0.481 e. The lowest BCUT2D eigenvalue weighted by Gasteiger charge is -2.04. The summed E-state index contributed by atoms with van der Waals surface area (Å²) in [6.07, 6.45) is -6.52. The summed E-state index contributed by atoms with van der Waals surface area (Å²) in [4.78, 5) is 24.9. The van der Waals surface area contributed by atoms with E-state index in [1.165, 1.54) is 5.38 Å². The van der Waals surface area contributed by atoms with Crippen molar-refractivity contribution in [1.29, 1.82) is 0 Å². The number of rotatable bonds is 4. The minimum absolute atomic E-state index is 0.0458. The molecule has 0 saturated carbocycles. The molecule has 0 aliphatic rings. The van der Waals surface area contributed by atoms with Gasteiger partial charge in [-0.15, -0.1) is 11.3 Å². The zero-order valence-corrected chi connectivity index (χ0v) is 9.06. The lowest BCUT2D eigenvalue weighted by Crippen LogP contribution is -2.21. The van der Waals surface area contributed by atoms with Crippen molar-refractivity contribution in [3.63, 3.8) is 0 Å². The van der Waals surface area contributed by atoms with E-state index < -0.39 is 24.5 Å². The van der Waals surface area contributed by atoms with Gasteiger partial charge in [-0.05, 0) is 0 Å². The topological polar surface area (TPSA) is 79.3 Å². The molecule has 1 heterocycles. The average Bonchev–Trinajstić information content (AvgIpc) is 2.46. The molecule has 9 heteroatoms. The molecular formula is C8H7F3N2O3S. The van der Waals surface area contributed by atoms with E-state index in [2.05, 4.69) is 4.98 Å². The molecule has 1 aromatic heterocycles. The lowest BCUT2D eigenvalue weighted by molar-refractivity contribution is -0.150. The Balaban J connectivity index is 2.55. The molecule has 94 valence electrons. The third-order valence-electron chi connectivity index (χ3n) is 1.49. The van der Waals surface area contributed by atoms with Gasteiger partial charge in [-0.1, -0.05) is 0 Å². The fourth-order valence-electron chi connectivity index (χ4n) is 0.946. The Morgan fingerprint density at radius 3 is 2.65 bits per heavy atom. The van der Waals surface area contributed by atoms with Crippen LogP contribution < -0.4 is 5.32 Å². The molecule has 2 N–H and O–H groups in total. The van der Waals surface area contributed by atoms with Gasteiger partial charge in [0.15, 0.2) is 5.13 Å².